The van der Waals surface area contributed by atoms with Crippen molar-refractivity contribution in [2.24, 2.45) is 11.8 Å². The summed E-state index contributed by atoms with van der Waals surface area (Å²) in [7, 11) is 3.55. The van der Waals surface area contributed by atoms with Gasteiger partial charge in [-0.1, -0.05) is 0 Å². The molecule has 6 N–H and O–H groups in total. The molecule has 9 nitrogen and oxygen atoms in total. The summed E-state index contributed by atoms with van der Waals surface area (Å²) in [6.45, 7) is 1.07. The van der Waals surface area contributed by atoms with E-state index in [1.54, 1.807) is 25.1 Å². The molecule has 0 bridgehead atoms. The van der Waals surface area contributed by atoms with E-state index in [4.69, 9.17) is 5.73 Å². The monoisotopic (exact) mass is 428 g/mol. The topological polar surface area (TPSA) is 161 Å². The lowest BCUT2D eigenvalue weighted by molar-refractivity contribution is -0.147. The number of hydrogen-bond donors (Lipinski definition) is 5. The third-order valence-electron chi connectivity index (χ3n) is 6.66. The molecule has 3 atom stereocenters. The first-order chi connectivity index (χ1) is 14.4. The minimum absolute atomic E-state index is 0.00694. The van der Waals surface area contributed by atoms with Crippen molar-refractivity contribution in [3.8, 4) is 5.75 Å². The van der Waals surface area contributed by atoms with Crippen LogP contribution in [-0.4, -0.2) is 57.5 Å². The molecule has 0 unspecified atom stereocenters. The summed E-state index contributed by atoms with van der Waals surface area (Å²) in [5, 5.41) is 43.4. The number of benzene rings is 1. The van der Waals surface area contributed by atoms with Gasteiger partial charge in [0.25, 0.3) is 0 Å². The van der Waals surface area contributed by atoms with Crippen LogP contribution in [0.5, 0.6) is 5.75 Å². The van der Waals surface area contributed by atoms with E-state index in [2.05, 4.69) is 0 Å². The Labute approximate surface area is 178 Å². The molecule has 3 aliphatic carbocycles. The second-order valence-electron chi connectivity index (χ2n) is 8.68. The molecule has 1 fully saturated rings. The van der Waals surface area contributed by atoms with Crippen LogP contribution in [0.25, 0.3) is 5.76 Å². The number of rotatable bonds is 2. The normalized spacial score (nSPS) is 27.6. The maximum absolute atomic E-state index is 13.4. The molecule has 0 radical (unpaired) electrons. The number of phenols is 1. The average Bonchev–Trinajstić information content (AvgIpc) is 2.66. The third-order valence-corrected chi connectivity index (χ3v) is 6.66. The number of carbonyl (C=O) groups is 3. The maximum Gasteiger partial charge on any atom is 0.202 e. The first kappa shape index (κ1) is 20.9. The number of aromatic hydroxyl groups is 1. The van der Waals surface area contributed by atoms with E-state index in [-0.39, 0.29) is 41.8 Å². The zero-order chi connectivity index (χ0) is 23.0. The highest BCUT2D eigenvalue weighted by molar-refractivity contribution is 6.23. The molecule has 0 aliphatic heterocycles. The summed E-state index contributed by atoms with van der Waals surface area (Å²) in [6, 6.07) is 1.57. The van der Waals surface area contributed by atoms with Crippen molar-refractivity contribution in [3.63, 3.8) is 0 Å². The lowest BCUT2D eigenvalue weighted by Crippen LogP contribution is -2.57. The predicted octanol–water partition coefficient (Wildman–Crippen LogP) is 1.18. The number of Topliss-reactive ketones (excluding diaryl/α,β-unsaturated/α-hetero) is 3. The Kier molecular flexibility index (Phi) is 4.44. The number of phenolic OH excluding ortho intramolecular Hbond substituents is 1. The number of aliphatic hydroxyl groups excluding tert-OH is 2. The van der Waals surface area contributed by atoms with Gasteiger partial charge in [-0.25, -0.2) is 0 Å². The molecule has 4 rings (SSSR count). The number of nitrogen functional groups attached to an aromatic ring is 1. The van der Waals surface area contributed by atoms with Gasteiger partial charge < -0.3 is 31.1 Å². The minimum atomic E-state index is -2.49. The molecule has 0 saturated heterocycles. The van der Waals surface area contributed by atoms with Crippen LogP contribution in [0, 0.1) is 11.8 Å². The van der Waals surface area contributed by atoms with Crippen LogP contribution in [0.1, 0.15) is 30.9 Å². The number of aliphatic hydroxyl groups is 3. The smallest absolute Gasteiger partial charge is 0.202 e. The van der Waals surface area contributed by atoms with Gasteiger partial charge in [-0.15, -0.1) is 0 Å². The van der Waals surface area contributed by atoms with Gasteiger partial charge in [-0.2, -0.15) is 0 Å². The lowest BCUT2D eigenvalue weighted by Gasteiger charge is -2.46. The molecule has 0 spiro atoms. The number of anilines is 2. The average molecular weight is 428 g/mol. The van der Waals surface area contributed by atoms with E-state index in [9.17, 15) is 34.8 Å². The summed E-state index contributed by atoms with van der Waals surface area (Å²) in [5.41, 5.74) is 3.93. The highest BCUT2D eigenvalue weighted by atomic mass is 16.3. The molecule has 164 valence electrons. The van der Waals surface area contributed by atoms with Crippen molar-refractivity contribution in [2.45, 2.75) is 31.8 Å². The summed E-state index contributed by atoms with van der Waals surface area (Å²) in [6.07, 6.45) is 0.110. The fourth-order valence-corrected chi connectivity index (χ4v) is 5.20. The van der Waals surface area contributed by atoms with E-state index in [1.807, 2.05) is 0 Å². The standard InChI is InChI=1S/C22H24N2O7/c1-8(25)15-14(26)6-10-4-9-5-11-13(24(2)3)7-12(23)18(27)17(11)19(28)16(9)21(30)22(10,31)20(15)29/h7,9-10,27-29,31H,4-6,23H2,1-3H3/t9-,10+,22-/m1/s1. The fraction of sp³-hybridized carbons (Fsp3) is 0.409. The largest absolute Gasteiger partial charge is 0.508 e. The van der Waals surface area contributed by atoms with Crippen LogP contribution in [0.4, 0.5) is 11.4 Å². The number of ketones is 3. The van der Waals surface area contributed by atoms with Gasteiger partial charge in [0, 0.05) is 37.7 Å². The van der Waals surface area contributed by atoms with Gasteiger partial charge >= 0.3 is 0 Å². The van der Waals surface area contributed by atoms with Crippen LogP contribution in [0.3, 0.4) is 0 Å². The Morgan fingerprint density at radius 1 is 1.19 bits per heavy atom. The number of fused-ring (bicyclic) bond motifs is 3. The van der Waals surface area contributed by atoms with E-state index >= 15 is 0 Å². The molecule has 0 amide bonds. The Hall–Kier alpha value is -3.33. The summed E-state index contributed by atoms with van der Waals surface area (Å²) >= 11 is 0. The first-order valence-electron chi connectivity index (χ1n) is 9.91. The molecule has 1 aromatic carbocycles. The number of allylic oxidation sites excluding steroid dienone is 1. The molecule has 31 heavy (non-hydrogen) atoms. The van der Waals surface area contributed by atoms with Gasteiger partial charge in [-0.3, -0.25) is 14.4 Å². The second-order valence-corrected chi connectivity index (χ2v) is 8.68. The molecular weight excluding hydrogens is 404 g/mol. The summed E-state index contributed by atoms with van der Waals surface area (Å²) in [4.78, 5) is 39.5. The first-order valence-corrected chi connectivity index (χ1v) is 9.91. The van der Waals surface area contributed by atoms with Crippen molar-refractivity contribution < 1.29 is 34.8 Å². The van der Waals surface area contributed by atoms with Gasteiger partial charge in [-0.05, 0) is 37.3 Å². The lowest BCUT2D eigenvalue weighted by atomic mass is 9.59. The molecule has 3 aliphatic rings. The number of nitrogens with two attached hydrogens (primary N) is 1. The molecule has 9 heteroatoms. The Morgan fingerprint density at radius 3 is 2.42 bits per heavy atom. The molecule has 1 aromatic rings. The summed E-state index contributed by atoms with van der Waals surface area (Å²) in [5.74, 6) is -5.72. The SMILES string of the molecule is CC(=O)C1=C(O)[C@@]2(O)C(=O)C3=C(O)c4c(O)c(N)cc(N(C)C)c4C[C@H]3C[C@H]2CC1=O. The Morgan fingerprint density at radius 2 is 1.84 bits per heavy atom. The van der Waals surface area contributed by atoms with Gasteiger partial charge in [0.2, 0.25) is 5.78 Å². The van der Waals surface area contributed by atoms with Crippen LogP contribution < -0.4 is 10.6 Å². The predicted molar refractivity (Wildman–Crippen MR) is 112 cm³/mol. The number of nitrogens with zero attached hydrogens (tertiary/aromatic N) is 1. The molecular formula is C22H24N2O7. The Balaban J connectivity index is 1.97. The van der Waals surface area contributed by atoms with Crippen molar-refractivity contribution >= 4 is 34.5 Å². The fourth-order valence-electron chi connectivity index (χ4n) is 5.20. The summed E-state index contributed by atoms with van der Waals surface area (Å²) < 4.78 is 0. The number of hydrogen-bond acceptors (Lipinski definition) is 9. The second kappa shape index (κ2) is 6.58. The quantitative estimate of drug-likeness (QED) is 0.264. The van der Waals surface area contributed by atoms with E-state index in [1.165, 1.54) is 0 Å². The number of carbonyl (C=O) groups excluding carboxylic acids is 3. The van der Waals surface area contributed by atoms with E-state index in [0.717, 1.165) is 6.92 Å². The Bertz CT molecular complexity index is 1130. The van der Waals surface area contributed by atoms with Crippen molar-refractivity contribution in [1.82, 2.24) is 0 Å². The van der Waals surface area contributed by atoms with Crippen LogP contribution in [0.2, 0.25) is 0 Å². The molecule has 0 aromatic heterocycles. The van der Waals surface area contributed by atoms with Gasteiger partial charge in [0.1, 0.15) is 22.8 Å². The highest BCUT2D eigenvalue weighted by Gasteiger charge is 2.60. The minimum Gasteiger partial charge on any atom is -0.508 e. The maximum atomic E-state index is 13.4. The van der Waals surface area contributed by atoms with Crippen molar-refractivity contribution in [2.75, 3.05) is 24.7 Å². The van der Waals surface area contributed by atoms with Crippen LogP contribution in [0.15, 0.2) is 23.0 Å². The van der Waals surface area contributed by atoms with E-state index < -0.39 is 51.9 Å². The van der Waals surface area contributed by atoms with Crippen LogP contribution in [-0.2, 0) is 20.8 Å². The zero-order valence-electron chi connectivity index (χ0n) is 17.4. The van der Waals surface area contributed by atoms with E-state index in [0.29, 0.717) is 11.3 Å². The van der Waals surface area contributed by atoms with Gasteiger partial charge in [0.15, 0.2) is 17.2 Å². The van der Waals surface area contributed by atoms with Crippen molar-refractivity contribution in [3.05, 3.63) is 34.1 Å². The zero-order valence-corrected chi connectivity index (χ0v) is 17.4. The van der Waals surface area contributed by atoms with Gasteiger partial charge in [0.05, 0.1) is 11.3 Å². The molecule has 1 saturated carbocycles. The third kappa shape index (κ3) is 2.62. The van der Waals surface area contributed by atoms with Crippen molar-refractivity contribution in [1.29, 1.82) is 0 Å². The highest BCUT2D eigenvalue weighted by Crippen LogP contribution is 2.53. The molecule has 0 heterocycles. The van der Waals surface area contributed by atoms with Crippen LogP contribution >= 0.6 is 0 Å².